The Kier molecular flexibility index (Phi) is 4.42. The second-order valence-corrected chi connectivity index (χ2v) is 4.09. The summed E-state index contributed by atoms with van der Waals surface area (Å²) in [5, 5.41) is 14.8. The van der Waals surface area contributed by atoms with Crippen molar-refractivity contribution in [1.29, 1.82) is 0 Å². The Morgan fingerprint density at radius 2 is 2.26 bits per heavy atom. The number of rotatable bonds is 3. The quantitative estimate of drug-likeness (QED) is 0.378. The van der Waals surface area contributed by atoms with Gasteiger partial charge in [-0.2, -0.15) is 5.10 Å². The number of nitrogens with one attached hydrogen (secondary N) is 1. The van der Waals surface area contributed by atoms with Gasteiger partial charge in [0, 0.05) is 13.1 Å². The van der Waals surface area contributed by atoms with E-state index in [1.54, 1.807) is 0 Å². The molecule has 2 rings (SSSR count). The van der Waals surface area contributed by atoms with E-state index < -0.39 is 4.92 Å². The molecule has 1 saturated heterocycles. The molecule has 1 fully saturated rings. The molecule has 19 heavy (non-hydrogen) atoms. The fourth-order valence-electron chi connectivity index (χ4n) is 1.50. The van der Waals surface area contributed by atoms with E-state index in [1.807, 2.05) is 4.90 Å². The van der Waals surface area contributed by atoms with E-state index in [9.17, 15) is 10.1 Å². The van der Waals surface area contributed by atoms with Crippen molar-refractivity contribution in [2.24, 2.45) is 5.10 Å². The number of ether oxygens (including phenoxy) is 1. The van der Waals surface area contributed by atoms with Gasteiger partial charge < -0.3 is 14.1 Å². The zero-order valence-corrected chi connectivity index (χ0v) is 10.8. The zero-order valence-electron chi connectivity index (χ0n) is 9.94. The molecule has 0 saturated carbocycles. The van der Waals surface area contributed by atoms with Gasteiger partial charge in [-0.3, -0.25) is 15.5 Å². The third kappa shape index (κ3) is 3.73. The third-order valence-electron chi connectivity index (χ3n) is 2.44. The topological polar surface area (TPSA) is 93.1 Å². The van der Waals surface area contributed by atoms with Gasteiger partial charge in [-0.1, -0.05) is 0 Å². The van der Waals surface area contributed by atoms with Crippen molar-refractivity contribution in [2.75, 3.05) is 26.3 Å². The molecule has 0 atom stereocenters. The minimum atomic E-state index is -0.608. The number of furan rings is 1. The largest absolute Gasteiger partial charge is 0.433 e. The highest BCUT2D eigenvalue weighted by Crippen LogP contribution is 2.13. The SMILES string of the molecule is O=[N+]([O-])c1ccc(/C=N/NC(=S)N2CCOCC2)o1. The summed E-state index contributed by atoms with van der Waals surface area (Å²) in [6.45, 7) is 2.70. The van der Waals surface area contributed by atoms with Crippen LogP contribution in [-0.4, -0.2) is 47.5 Å². The number of nitrogens with zero attached hydrogens (tertiary/aromatic N) is 3. The lowest BCUT2D eigenvalue weighted by atomic mass is 10.4. The van der Waals surface area contributed by atoms with Crippen molar-refractivity contribution >= 4 is 29.4 Å². The Morgan fingerprint density at radius 1 is 1.53 bits per heavy atom. The highest BCUT2D eigenvalue weighted by atomic mass is 32.1. The van der Waals surface area contributed by atoms with E-state index in [0.717, 1.165) is 0 Å². The van der Waals surface area contributed by atoms with Crippen LogP contribution in [0.4, 0.5) is 5.88 Å². The molecule has 0 spiro atoms. The molecule has 1 N–H and O–H groups in total. The summed E-state index contributed by atoms with van der Waals surface area (Å²) in [5.41, 5.74) is 2.68. The Hall–Kier alpha value is -2.00. The summed E-state index contributed by atoms with van der Waals surface area (Å²) in [4.78, 5) is 11.7. The summed E-state index contributed by atoms with van der Waals surface area (Å²) >= 11 is 5.14. The first-order valence-corrected chi connectivity index (χ1v) is 5.97. The van der Waals surface area contributed by atoms with Crippen LogP contribution in [-0.2, 0) is 4.74 Å². The Morgan fingerprint density at radius 3 is 2.89 bits per heavy atom. The molecule has 9 heteroatoms. The molecule has 0 aromatic carbocycles. The van der Waals surface area contributed by atoms with E-state index in [2.05, 4.69) is 10.5 Å². The van der Waals surface area contributed by atoms with Gasteiger partial charge in [-0.25, -0.2) is 0 Å². The molecule has 1 aliphatic heterocycles. The Balaban J connectivity index is 1.84. The fourth-order valence-corrected chi connectivity index (χ4v) is 1.73. The van der Waals surface area contributed by atoms with Crippen LogP contribution >= 0.6 is 12.2 Å². The molecule has 0 amide bonds. The van der Waals surface area contributed by atoms with Crippen LogP contribution < -0.4 is 5.43 Å². The fraction of sp³-hybridized carbons (Fsp3) is 0.400. The van der Waals surface area contributed by atoms with Crippen LogP contribution in [0, 0.1) is 10.1 Å². The summed E-state index contributed by atoms with van der Waals surface area (Å²) in [7, 11) is 0. The van der Waals surface area contributed by atoms with Crippen molar-refractivity contribution in [3.63, 3.8) is 0 Å². The first-order valence-electron chi connectivity index (χ1n) is 5.57. The predicted molar refractivity (Wildman–Crippen MR) is 71.1 cm³/mol. The minimum Gasteiger partial charge on any atom is -0.400 e. The van der Waals surface area contributed by atoms with E-state index in [0.29, 0.717) is 31.4 Å². The second-order valence-electron chi connectivity index (χ2n) is 3.71. The van der Waals surface area contributed by atoms with E-state index in [-0.39, 0.29) is 11.6 Å². The smallest absolute Gasteiger partial charge is 0.400 e. The van der Waals surface area contributed by atoms with Gasteiger partial charge in [-0.05, 0) is 18.3 Å². The predicted octanol–water partition coefficient (Wildman–Crippen LogP) is 0.728. The third-order valence-corrected chi connectivity index (χ3v) is 2.79. The summed E-state index contributed by atoms with van der Waals surface area (Å²) in [6.07, 6.45) is 1.33. The maximum atomic E-state index is 10.4. The second kappa shape index (κ2) is 6.25. The average Bonchev–Trinajstić information content (AvgIpc) is 2.89. The lowest BCUT2D eigenvalue weighted by molar-refractivity contribution is -0.402. The van der Waals surface area contributed by atoms with Gasteiger partial charge in [-0.15, -0.1) is 0 Å². The van der Waals surface area contributed by atoms with Gasteiger partial charge >= 0.3 is 5.88 Å². The molecule has 0 radical (unpaired) electrons. The monoisotopic (exact) mass is 284 g/mol. The van der Waals surface area contributed by atoms with Crippen LogP contribution in [0.25, 0.3) is 0 Å². The Bertz CT molecular complexity index is 495. The molecule has 0 unspecified atom stereocenters. The van der Waals surface area contributed by atoms with Gasteiger partial charge in [0.15, 0.2) is 10.9 Å². The molecular weight excluding hydrogens is 272 g/mol. The molecular formula is C10H12N4O4S. The van der Waals surface area contributed by atoms with Gasteiger partial charge in [0.2, 0.25) is 0 Å². The van der Waals surface area contributed by atoms with Crippen LogP contribution in [0.3, 0.4) is 0 Å². The molecule has 1 aromatic rings. The highest BCUT2D eigenvalue weighted by Gasteiger charge is 2.13. The minimum absolute atomic E-state index is 0.281. The maximum Gasteiger partial charge on any atom is 0.433 e. The Labute approximate surface area is 114 Å². The van der Waals surface area contributed by atoms with Crippen LogP contribution in [0.1, 0.15) is 5.76 Å². The van der Waals surface area contributed by atoms with Crippen molar-refractivity contribution in [3.05, 3.63) is 28.0 Å². The lowest BCUT2D eigenvalue weighted by Crippen LogP contribution is -2.44. The van der Waals surface area contributed by atoms with Crippen molar-refractivity contribution in [3.8, 4) is 0 Å². The number of nitro groups is 1. The number of thiocarbonyl (C=S) groups is 1. The van der Waals surface area contributed by atoms with E-state index in [1.165, 1.54) is 18.3 Å². The molecule has 8 nitrogen and oxygen atoms in total. The van der Waals surface area contributed by atoms with E-state index in [4.69, 9.17) is 21.4 Å². The van der Waals surface area contributed by atoms with Crippen molar-refractivity contribution in [1.82, 2.24) is 10.3 Å². The molecule has 102 valence electrons. The molecule has 1 aromatic heterocycles. The van der Waals surface area contributed by atoms with Gasteiger partial charge in [0.25, 0.3) is 0 Å². The zero-order chi connectivity index (χ0) is 13.7. The average molecular weight is 284 g/mol. The van der Waals surface area contributed by atoms with Gasteiger partial charge in [0.05, 0.1) is 25.5 Å². The molecule has 2 heterocycles. The van der Waals surface area contributed by atoms with Crippen LogP contribution in [0.15, 0.2) is 21.7 Å². The van der Waals surface area contributed by atoms with E-state index >= 15 is 0 Å². The number of morpholine rings is 1. The standard InChI is InChI=1S/C10H12N4O4S/c15-14(16)9-2-1-8(18-9)7-11-12-10(19)13-3-5-17-6-4-13/h1-2,7H,3-6H2,(H,12,19)/b11-7+. The van der Waals surface area contributed by atoms with Crippen molar-refractivity contribution < 1.29 is 14.1 Å². The molecule has 1 aliphatic rings. The summed E-state index contributed by atoms with van der Waals surface area (Å²) < 4.78 is 10.1. The number of hydrogen-bond acceptors (Lipinski definition) is 6. The molecule has 0 aliphatic carbocycles. The first kappa shape index (κ1) is 13.4. The summed E-state index contributed by atoms with van der Waals surface area (Å²) in [6, 6.07) is 2.72. The van der Waals surface area contributed by atoms with Crippen LogP contribution in [0.5, 0.6) is 0 Å². The number of hydrogen-bond donors (Lipinski definition) is 1. The normalized spacial score (nSPS) is 15.7. The van der Waals surface area contributed by atoms with Gasteiger partial charge in [0.1, 0.15) is 4.92 Å². The highest BCUT2D eigenvalue weighted by molar-refractivity contribution is 7.80. The van der Waals surface area contributed by atoms with Crippen molar-refractivity contribution in [2.45, 2.75) is 0 Å². The van der Waals surface area contributed by atoms with Crippen LogP contribution in [0.2, 0.25) is 0 Å². The lowest BCUT2D eigenvalue weighted by Gasteiger charge is -2.28. The first-order chi connectivity index (χ1) is 9.16. The number of hydrazone groups is 1. The molecule has 0 bridgehead atoms. The summed E-state index contributed by atoms with van der Waals surface area (Å²) in [5.74, 6) is -0.0406. The maximum absolute atomic E-state index is 10.4.